The van der Waals surface area contributed by atoms with Crippen molar-refractivity contribution in [3.05, 3.63) is 54.8 Å². The number of nitrogens with zero attached hydrogens (tertiary/aromatic N) is 2. The Kier molecular flexibility index (Phi) is 10.3. The monoisotopic (exact) mass is 731 g/mol. The van der Waals surface area contributed by atoms with Gasteiger partial charge in [-0.2, -0.15) is 0 Å². The molecule has 0 spiro atoms. The molecule has 2 aliphatic heterocycles. The minimum Gasteiger partial charge on any atom is -0.472 e. The van der Waals surface area contributed by atoms with Crippen LogP contribution < -0.4 is 9.46 Å². The fourth-order valence-corrected chi connectivity index (χ4v) is 9.91. The lowest BCUT2D eigenvalue weighted by Gasteiger charge is -2.34. The lowest BCUT2D eigenvalue weighted by atomic mass is 9.77. The van der Waals surface area contributed by atoms with Crippen LogP contribution in [0.25, 0.3) is 16.8 Å². The van der Waals surface area contributed by atoms with Gasteiger partial charge in [0.1, 0.15) is 6.10 Å². The fourth-order valence-electron chi connectivity index (χ4n) is 8.52. The average Bonchev–Trinajstić information content (AvgIpc) is 4.06. The highest BCUT2D eigenvalue weighted by atomic mass is 32.2. The van der Waals surface area contributed by atoms with Crippen LogP contribution in [0.5, 0.6) is 5.88 Å². The number of amides is 2. The number of aromatic nitrogens is 1. The maximum atomic E-state index is 14.8. The summed E-state index contributed by atoms with van der Waals surface area (Å²) < 4.78 is 40.1. The Hall–Kier alpha value is -4.06. The summed E-state index contributed by atoms with van der Waals surface area (Å²) in [6, 6.07) is 6.97. The molecule has 4 bridgehead atoms. The number of pyridine rings is 1. The first-order valence-corrected chi connectivity index (χ1v) is 20.5. The standard InChI is InChI=1S/C40H49N3O8S/c1-3-29-22-40(29,39(47)42-52(48,49)31-15-16-31)23-35(44)34-20-30-24-43(34)38(46)33(27-11-5-4-6-12-27)21-36(45)50-25(2)9-7-8-10-26-13-14-28-17-18-41-37(51-30)32(28)19-26/h3,8,10,13-14,17-19,25,27,29-31,33-34H,1,4-7,9,11-12,15-16,20-24H2,2H3,(H,42,47)/b10-8+/t25-,29-,30+,33-,34-,40+/m0/s1. The molecule has 278 valence electrons. The van der Waals surface area contributed by atoms with Crippen LogP contribution in [-0.4, -0.2) is 71.9 Å². The van der Waals surface area contributed by atoms with Gasteiger partial charge in [-0.1, -0.05) is 49.6 Å². The number of carbonyl (C=O) groups is 4. The van der Waals surface area contributed by atoms with Crippen molar-refractivity contribution in [1.82, 2.24) is 14.6 Å². The number of ether oxygens (including phenoxy) is 2. The Labute approximate surface area is 305 Å². The van der Waals surface area contributed by atoms with Crippen LogP contribution in [-0.2, 0) is 33.9 Å². The van der Waals surface area contributed by atoms with Crippen molar-refractivity contribution in [2.45, 2.75) is 114 Å². The first-order chi connectivity index (χ1) is 25.0. The Morgan fingerprint density at radius 1 is 1.08 bits per heavy atom. The molecule has 1 aromatic carbocycles. The number of rotatable bonds is 8. The van der Waals surface area contributed by atoms with Crippen LogP contribution >= 0.6 is 0 Å². The maximum absolute atomic E-state index is 14.8. The van der Waals surface area contributed by atoms with Crippen LogP contribution in [0.3, 0.4) is 0 Å². The van der Waals surface area contributed by atoms with Gasteiger partial charge in [0.2, 0.25) is 27.7 Å². The molecule has 1 N–H and O–H groups in total. The predicted molar refractivity (Wildman–Crippen MR) is 195 cm³/mol. The number of cyclic esters (lactones) is 1. The van der Waals surface area contributed by atoms with Gasteiger partial charge in [-0.25, -0.2) is 13.4 Å². The molecule has 6 atom stereocenters. The van der Waals surface area contributed by atoms with Gasteiger partial charge in [0.25, 0.3) is 0 Å². The van der Waals surface area contributed by atoms with Crippen molar-refractivity contribution >= 4 is 50.4 Å². The molecule has 0 radical (unpaired) electrons. The molecule has 11 nitrogen and oxygen atoms in total. The summed E-state index contributed by atoms with van der Waals surface area (Å²) >= 11 is 0. The number of hydrogen-bond donors (Lipinski definition) is 1. The Morgan fingerprint density at radius 2 is 1.87 bits per heavy atom. The van der Waals surface area contributed by atoms with Crippen molar-refractivity contribution in [1.29, 1.82) is 0 Å². The summed E-state index contributed by atoms with van der Waals surface area (Å²) in [7, 11) is -3.83. The van der Waals surface area contributed by atoms with Crippen LogP contribution in [0, 0.1) is 23.2 Å². The second kappa shape index (κ2) is 14.8. The molecule has 7 rings (SSSR count). The summed E-state index contributed by atoms with van der Waals surface area (Å²) in [5, 5.41) is 1.15. The molecule has 3 saturated carbocycles. The summed E-state index contributed by atoms with van der Waals surface area (Å²) in [6.07, 6.45) is 13.5. The molecule has 3 heterocycles. The van der Waals surface area contributed by atoms with Crippen molar-refractivity contribution in [3.8, 4) is 5.88 Å². The van der Waals surface area contributed by atoms with Gasteiger partial charge in [-0.15, -0.1) is 6.58 Å². The number of esters is 1. The first-order valence-electron chi connectivity index (χ1n) is 18.9. The summed E-state index contributed by atoms with van der Waals surface area (Å²) in [5.74, 6) is -2.44. The third-order valence-corrected chi connectivity index (χ3v) is 13.6. The molecule has 4 fully saturated rings. The van der Waals surface area contributed by atoms with Crippen molar-refractivity contribution in [3.63, 3.8) is 0 Å². The van der Waals surface area contributed by atoms with E-state index < -0.39 is 50.6 Å². The molecule has 52 heavy (non-hydrogen) atoms. The predicted octanol–water partition coefficient (Wildman–Crippen LogP) is 5.67. The van der Waals surface area contributed by atoms with E-state index in [1.807, 2.05) is 37.3 Å². The molecule has 0 unspecified atom stereocenters. The summed E-state index contributed by atoms with van der Waals surface area (Å²) in [5.41, 5.74) is -0.305. The topological polar surface area (TPSA) is 149 Å². The number of sulfonamides is 1. The molecule has 1 saturated heterocycles. The van der Waals surface area contributed by atoms with E-state index in [-0.39, 0.29) is 55.4 Å². The Bertz CT molecular complexity index is 1880. The smallest absolute Gasteiger partial charge is 0.306 e. The number of benzene rings is 1. The highest BCUT2D eigenvalue weighted by molar-refractivity contribution is 7.90. The Balaban J connectivity index is 1.22. The molecule has 3 aliphatic carbocycles. The van der Waals surface area contributed by atoms with E-state index in [2.05, 4.69) is 22.4 Å². The molecule has 2 aromatic rings. The van der Waals surface area contributed by atoms with Crippen LogP contribution in [0.1, 0.15) is 96.0 Å². The zero-order valence-corrected chi connectivity index (χ0v) is 30.7. The minimum absolute atomic E-state index is 0.0372. The molecule has 2 amide bonds. The SMILES string of the molecule is C=C[C@H]1C[C@]1(CC(=O)[C@@H]1C[C@@H]2CN1C(=O)[C@H](C1CCCCC1)CC(=O)O[C@@H](C)CC/C=C/c1ccc3ccnc(c3c1)O2)C(=O)NS(=O)(=O)C1CC1. The number of ketones is 1. The number of carbonyl (C=O) groups excluding carboxylic acids is 4. The largest absolute Gasteiger partial charge is 0.472 e. The van der Waals surface area contributed by atoms with Crippen molar-refractivity contribution < 1.29 is 37.1 Å². The number of fused-ring (bicyclic) bond motifs is 3. The first kappa shape index (κ1) is 36.3. The summed E-state index contributed by atoms with van der Waals surface area (Å²) in [6.45, 7) is 5.80. The van der Waals surface area contributed by atoms with Crippen LogP contribution in [0.4, 0.5) is 0 Å². The van der Waals surface area contributed by atoms with E-state index in [0.717, 1.165) is 48.4 Å². The van der Waals surface area contributed by atoms with E-state index in [9.17, 15) is 27.6 Å². The Morgan fingerprint density at radius 3 is 2.60 bits per heavy atom. The van der Waals surface area contributed by atoms with Gasteiger partial charge in [0.15, 0.2) is 5.78 Å². The van der Waals surface area contributed by atoms with E-state index in [1.54, 1.807) is 17.2 Å². The van der Waals surface area contributed by atoms with E-state index in [1.165, 1.54) is 0 Å². The third-order valence-electron chi connectivity index (χ3n) is 11.8. The minimum atomic E-state index is -3.83. The van der Waals surface area contributed by atoms with Crippen LogP contribution in [0.2, 0.25) is 0 Å². The highest BCUT2D eigenvalue weighted by Crippen LogP contribution is 2.57. The molecule has 1 aromatic heterocycles. The lowest BCUT2D eigenvalue weighted by Crippen LogP contribution is -2.48. The normalized spacial score (nSPS) is 30.9. The number of allylic oxidation sites excluding steroid dienone is 2. The summed E-state index contributed by atoms with van der Waals surface area (Å²) in [4.78, 5) is 62.4. The van der Waals surface area contributed by atoms with Gasteiger partial charge < -0.3 is 14.4 Å². The van der Waals surface area contributed by atoms with Gasteiger partial charge in [0, 0.05) is 24.4 Å². The molecule has 5 aliphatic rings. The second-order valence-electron chi connectivity index (χ2n) is 15.6. The van der Waals surface area contributed by atoms with Crippen molar-refractivity contribution in [2.75, 3.05) is 6.54 Å². The highest BCUT2D eigenvalue weighted by Gasteiger charge is 2.61. The maximum Gasteiger partial charge on any atom is 0.306 e. The van der Waals surface area contributed by atoms with E-state index in [4.69, 9.17) is 9.47 Å². The molecular weight excluding hydrogens is 683 g/mol. The van der Waals surface area contributed by atoms with Gasteiger partial charge in [-0.3, -0.25) is 23.9 Å². The zero-order valence-electron chi connectivity index (χ0n) is 29.8. The quantitative estimate of drug-likeness (QED) is 0.268. The second-order valence-corrected chi connectivity index (χ2v) is 17.5. The van der Waals surface area contributed by atoms with Crippen LogP contribution in [0.15, 0.2) is 49.2 Å². The fraction of sp³-hybridized carbons (Fsp3) is 0.575. The third kappa shape index (κ3) is 7.68. The van der Waals surface area contributed by atoms with E-state index in [0.29, 0.717) is 38.0 Å². The number of hydrogen-bond acceptors (Lipinski definition) is 9. The lowest BCUT2D eigenvalue weighted by molar-refractivity contribution is -0.155. The molecular formula is C40H49N3O8S. The van der Waals surface area contributed by atoms with Gasteiger partial charge in [0.05, 0.1) is 41.7 Å². The van der Waals surface area contributed by atoms with Gasteiger partial charge >= 0.3 is 5.97 Å². The zero-order chi connectivity index (χ0) is 36.6. The average molecular weight is 732 g/mol. The molecule has 12 heteroatoms. The van der Waals surface area contributed by atoms with E-state index >= 15 is 0 Å². The van der Waals surface area contributed by atoms with Crippen molar-refractivity contribution in [2.24, 2.45) is 23.2 Å². The van der Waals surface area contributed by atoms with Gasteiger partial charge in [-0.05, 0) is 86.8 Å². The number of nitrogens with one attached hydrogen (secondary N) is 1. The number of Topliss-reactive ketones (excluding diaryl/α,β-unsaturated/α-hetero) is 1.